The second kappa shape index (κ2) is 9.52. The molecular weight excluding hydrogens is 362 g/mol. The lowest BCUT2D eigenvalue weighted by Crippen LogP contribution is -2.42. The van der Waals surface area contributed by atoms with Gasteiger partial charge in [-0.15, -0.1) is 12.4 Å². The summed E-state index contributed by atoms with van der Waals surface area (Å²) in [6.07, 6.45) is 1.04. The molecule has 0 aliphatic carbocycles. The zero-order valence-corrected chi connectivity index (χ0v) is 16.6. The van der Waals surface area contributed by atoms with Crippen molar-refractivity contribution in [3.8, 4) is 0 Å². The Morgan fingerprint density at radius 3 is 2.44 bits per heavy atom. The molecule has 2 rings (SSSR count). The lowest BCUT2D eigenvalue weighted by atomic mass is 9.94. The molecule has 0 spiro atoms. The summed E-state index contributed by atoms with van der Waals surface area (Å²) in [4.78, 5) is 12.3. The molecule has 1 amide bonds. The topological polar surface area (TPSA) is 78.5 Å². The molecule has 2 N–H and O–H groups in total. The maximum Gasteiger partial charge on any atom is 0.251 e. The van der Waals surface area contributed by atoms with Gasteiger partial charge in [0, 0.05) is 31.7 Å². The smallest absolute Gasteiger partial charge is 0.251 e. The summed E-state index contributed by atoms with van der Waals surface area (Å²) >= 11 is 0. The third kappa shape index (κ3) is 5.67. The van der Waals surface area contributed by atoms with Crippen molar-refractivity contribution in [2.45, 2.75) is 25.2 Å². The molecule has 6 nitrogen and oxygen atoms in total. The Balaban J connectivity index is 0.00000312. The molecular formula is C17H28ClN3O3S. The number of rotatable bonds is 6. The summed E-state index contributed by atoms with van der Waals surface area (Å²) in [5.41, 5.74) is 0.366. The molecule has 0 radical (unpaired) electrons. The normalized spacial score (nSPS) is 21.4. The second-order valence-corrected chi connectivity index (χ2v) is 8.59. The van der Waals surface area contributed by atoms with Gasteiger partial charge in [0.25, 0.3) is 5.91 Å². The van der Waals surface area contributed by atoms with Crippen LogP contribution in [0.25, 0.3) is 0 Å². The van der Waals surface area contributed by atoms with Gasteiger partial charge in [-0.1, -0.05) is 19.9 Å². The fourth-order valence-electron chi connectivity index (χ4n) is 3.15. The van der Waals surface area contributed by atoms with Crippen molar-refractivity contribution in [2.75, 3.05) is 33.2 Å². The molecule has 142 valence electrons. The minimum absolute atomic E-state index is 0. The van der Waals surface area contributed by atoms with Crippen molar-refractivity contribution in [3.63, 3.8) is 0 Å². The summed E-state index contributed by atoms with van der Waals surface area (Å²) in [6.45, 7) is 6.37. The van der Waals surface area contributed by atoms with Crippen molar-refractivity contribution in [2.24, 2.45) is 11.8 Å². The SMILES string of the molecule is CNCCNC(=O)c1cccc(S(=O)(=O)N2CC(C)CC(C)C2)c1.Cl. The summed E-state index contributed by atoms with van der Waals surface area (Å²) < 4.78 is 27.3. The number of benzene rings is 1. The molecule has 1 saturated heterocycles. The summed E-state index contributed by atoms with van der Waals surface area (Å²) in [7, 11) is -1.76. The first-order chi connectivity index (χ1) is 11.3. The van der Waals surface area contributed by atoms with Gasteiger partial charge in [-0.05, 0) is 43.5 Å². The Hall–Kier alpha value is -1.15. The van der Waals surface area contributed by atoms with E-state index in [-0.39, 0.29) is 23.2 Å². The highest BCUT2D eigenvalue weighted by molar-refractivity contribution is 7.89. The molecule has 8 heteroatoms. The van der Waals surface area contributed by atoms with Gasteiger partial charge in [0.2, 0.25) is 10.0 Å². The first-order valence-electron chi connectivity index (χ1n) is 8.37. The number of nitrogens with one attached hydrogen (secondary N) is 2. The van der Waals surface area contributed by atoms with Crippen molar-refractivity contribution in [1.29, 1.82) is 0 Å². The fourth-order valence-corrected chi connectivity index (χ4v) is 4.88. The molecule has 1 aromatic carbocycles. The third-order valence-corrected chi connectivity index (χ3v) is 6.06. The molecule has 0 aromatic heterocycles. The molecule has 1 aliphatic heterocycles. The minimum Gasteiger partial charge on any atom is -0.351 e. The lowest BCUT2D eigenvalue weighted by Gasteiger charge is -2.34. The van der Waals surface area contributed by atoms with E-state index in [1.165, 1.54) is 6.07 Å². The van der Waals surface area contributed by atoms with Crippen molar-refractivity contribution in [3.05, 3.63) is 29.8 Å². The Morgan fingerprint density at radius 1 is 1.20 bits per heavy atom. The number of carbonyl (C=O) groups excluding carboxylic acids is 1. The number of hydrogen-bond donors (Lipinski definition) is 2. The highest BCUT2D eigenvalue weighted by Gasteiger charge is 2.31. The zero-order chi connectivity index (χ0) is 17.7. The molecule has 1 aromatic rings. The average molecular weight is 390 g/mol. The Labute approximate surface area is 156 Å². The number of hydrogen-bond acceptors (Lipinski definition) is 4. The maximum atomic E-state index is 12.9. The van der Waals surface area contributed by atoms with Crippen LogP contribution in [0.1, 0.15) is 30.6 Å². The highest BCUT2D eigenvalue weighted by atomic mass is 35.5. The van der Waals surface area contributed by atoms with E-state index in [0.717, 1.165) is 6.42 Å². The van der Waals surface area contributed by atoms with Crippen LogP contribution in [0.15, 0.2) is 29.2 Å². The lowest BCUT2D eigenvalue weighted by molar-refractivity contribution is 0.0954. The van der Waals surface area contributed by atoms with Gasteiger partial charge in [0.05, 0.1) is 4.90 Å². The van der Waals surface area contributed by atoms with Gasteiger partial charge in [-0.3, -0.25) is 4.79 Å². The van der Waals surface area contributed by atoms with Crippen LogP contribution in [-0.2, 0) is 10.0 Å². The van der Waals surface area contributed by atoms with Gasteiger partial charge in [-0.25, -0.2) is 8.42 Å². The average Bonchev–Trinajstić information content (AvgIpc) is 2.54. The van der Waals surface area contributed by atoms with Crippen LogP contribution in [0.3, 0.4) is 0 Å². The van der Waals surface area contributed by atoms with E-state index in [1.807, 2.05) is 0 Å². The Kier molecular flexibility index (Phi) is 8.34. The van der Waals surface area contributed by atoms with Gasteiger partial charge in [-0.2, -0.15) is 4.31 Å². The van der Waals surface area contributed by atoms with Crippen LogP contribution in [0.2, 0.25) is 0 Å². The number of likely N-dealkylation sites (N-methyl/N-ethyl adjacent to an activating group) is 1. The fraction of sp³-hybridized carbons (Fsp3) is 0.588. The van der Waals surface area contributed by atoms with E-state index in [4.69, 9.17) is 0 Å². The highest BCUT2D eigenvalue weighted by Crippen LogP contribution is 2.26. The van der Waals surface area contributed by atoms with Gasteiger partial charge in [0.1, 0.15) is 0 Å². The van der Waals surface area contributed by atoms with E-state index in [9.17, 15) is 13.2 Å². The van der Waals surface area contributed by atoms with E-state index in [1.54, 1.807) is 29.6 Å². The molecule has 2 atom stereocenters. The monoisotopic (exact) mass is 389 g/mol. The zero-order valence-electron chi connectivity index (χ0n) is 15.0. The third-order valence-electron chi connectivity index (χ3n) is 4.23. The van der Waals surface area contributed by atoms with E-state index < -0.39 is 10.0 Å². The largest absolute Gasteiger partial charge is 0.351 e. The number of nitrogens with zero attached hydrogens (tertiary/aromatic N) is 1. The van der Waals surface area contributed by atoms with Crippen LogP contribution in [0.5, 0.6) is 0 Å². The molecule has 2 unspecified atom stereocenters. The molecule has 1 aliphatic rings. The first kappa shape index (κ1) is 21.9. The standard InChI is InChI=1S/C17H27N3O3S.ClH/c1-13-9-14(2)12-20(11-13)24(22,23)16-6-4-5-15(10-16)17(21)19-8-7-18-3;/h4-6,10,13-14,18H,7-9,11-12H2,1-3H3,(H,19,21);1H. The van der Waals surface area contributed by atoms with E-state index in [2.05, 4.69) is 24.5 Å². The first-order valence-corrected chi connectivity index (χ1v) is 9.81. The van der Waals surface area contributed by atoms with Crippen molar-refractivity contribution >= 4 is 28.3 Å². The quantitative estimate of drug-likeness (QED) is 0.726. The predicted molar refractivity (Wildman–Crippen MR) is 102 cm³/mol. The number of sulfonamides is 1. The van der Waals surface area contributed by atoms with Crippen LogP contribution in [-0.4, -0.2) is 51.9 Å². The van der Waals surface area contributed by atoms with Gasteiger partial charge < -0.3 is 10.6 Å². The minimum atomic E-state index is -3.57. The van der Waals surface area contributed by atoms with Crippen molar-refractivity contribution < 1.29 is 13.2 Å². The number of amides is 1. The van der Waals surface area contributed by atoms with E-state index >= 15 is 0 Å². The number of halogens is 1. The van der Waals surface area contributed by atoms with Crippen LogP contribution >= 0.6 is 12.4 Å². The van der Waals surface area contributed by atoms with E-state index in [0.29, 0.717) is 43.6 Å². The molecule has 0 saturated carbocycles. The Bertz CT molecular complexity index is 671. The molecule has 1 heterocycles. The van der Waals surface area contributed by atoms with Gasteiger partial charge in [0.15, 0.2) is 0 Å². The van der Waals surface area contributed by atoms with Crippen molar-refractivity contribution in [1.82, 2.24) is 14.9 Å². The molecule has 0 bridgehead atoms. The molecule has 1 fully saturated rings. The van der Waals surface area contributed by atoms with Crippen LogP contribution in [0, 0.1) is 11.8 Å². The van der Waals surface area contributed by atoms with Crippen LogP contribution < -0.4 is 10.6 Å². The molecule has 25 heavy (non-hydrogen) atoms. The Morgan fingerprint density at radius 2 is 1.84 bits per heavy atom. The van der Waals surface area contributed by atoms with Gasteiger partial charge >= 0.3 is 0 Å². The number of carbonyl (C=O) groups is 1. The van der Waals surface area contributed by atoms with Crippen LogP contribution in [0.4, 0.5) is 0 Å². The maximum absolute atomic E-state index is 12.9. The second-order valence-electron chi connectivity index (χ2n) is 6.66. The summed E-state index contributed by atoms with van der Waals surface area (Å²) in [5, 5.41) is 5.71. The summed E-state index contributed by atoms with van der Waals surface area (Å²) in [5.74, 6) is 0.427. The predicted octanol–water partition coefficient (Wildman–Crippen LogP) is 1.72. The number of piperidine rings is 1. The summed E-state index contributed by atoms with van der Waals surface area (Å²) in [6, 6.07) is 6.28.